The number of carboxylic acid groups (broad SMARTS) is 2. The number of aromatic hydroxyl groups is 1. The van der Waals surface area contributed by atoms with E-state index in [1.807, 2.05) is 32.0 Å². The molecule has 10 rings (SSSR count). The summed E-state index contributed by atoms with van der Waals surface area (Å²) in [7, 11) is 3.87. The summed E-state index contributed by atoms with van der Waals surface area (Å²) in [5.41, 5.74) is 21.4. The van der Waals surface area contributed by atoms with Gasteiger partial charge in [0.25, 0.3) is 0 Å². The highest BCUT2D eigenvalue weighted by molar-refractivity contribution is 8.00. The van der Waals surface area contributed by atoms with E-state index in [1.165, 1.54) is 74.7 Å². The van der Waals surface area contributed by atoms with Crippen LogP contribution in [0.3, 0.4) is 0 Å². The molecule has 0 unspecified atom stereocenters. The van der Waals surface area contributed by atoms with E-state index >= 15 is 47.9 Å². The summed E-state index contributed by atoms with van der Waals surface area (Å²) in [5, 5.41) is 58.9. The number of carbonyl (C=O) groups is 18. The fraction of sp³-hybridized carbons (Fsp3) is 0.510. The number of nitrogens with one attached hydrogen (secondary N) is 13. The number of rotatable bonds is 33. The lowest BCUT2D eigenvalue weighted by atomic mass is 9.99. The minimum absolute atomic E-state index is 0.0110. The number of unbranched alkanes of at least 4 members (excludes halogenated alkanes) is 4. The van der Waals surface area contributed by atoms with Crippen LogP contribution in [0, 0.1) is 0 Å². The summed E-state index contributed by atoms with van der Waals surface area (Å²) >= 11 is 0.707. The molecule has 0 aliphatic carbocycles. The number of primary amides is 1. The Balaban J connectivity index is 1.06. The van der Waals surface area contributed by atoms with Crippen molar-refractivity contribution in [1.29, 1.82) is 0 Å². The predicted molar refractivity (Wildman–Crippen MR) is 534 cm³/mol. The number of carbonyl (C=O) groups excluding carboxylic acids is 16. The van der Waals surface area contributed by atoms with Gasteiger partial charge in [-0.1, -0.05) is 118 Å². The highest BCUT2D eigenvalue weighted by atomic mass is 32.2. The average Bonchev–Trinajstić information content (AvgIpc) is 1.69. The molecule has 45 heteroatoms. The quantitative estimate of drug-likeness (QED) is 0.0252. The van der Waals surface area contributed by atoms with E-state index in [9.17, 15) is 53.7 Å². The lowest BCUT2D eigenvalue weighted by Gasteiger charge is -2.36. The normalized spacial score (nSPS) is 23.8. The van der Waals surface area contributed by atoms with Gasteiger partial charge in [-0.2, -0.15) is 0 Å². The first-order chi connectivity index (χ1) is 69.5. The molecule has 16 amide bonds. The molecule has 7 aromatic rings. The van der Waals surface area contributed by atoms with Crippen LogP contribution < -0.4 is 70.4 Å². The fourth-order valence-electron chi connectivity index (χ4n) is 18.0. The first kappa shape index (κ1) is 113. The van der Waals surface area contributed by atoms with Crippen molar-refractivity contribution in [3.05, 3.63) is 156 Å². The maximum Gasteiger partial charge on any atom is 0.305 e. The number of likely N-dealkylation sites (N-methyl/N-ethyl adjacent to an activating group) is 3. The number of hydrogen-bond donors (Lipinski definition) is 19. The van der Waals surface area contributed by atoms with E-state index in [0.717, 1.165) is 20.3 Å². The van der Waals surface area contributed by atoms with Crippen LogP contribution in [0.1, 0.15) is 164 Å². The zero-order valence-corrected chi connectivity index (χ0v) is 83.2. The number of thioether (sulfide) groups is 1. The summed E-state index contributed by atoms with van der Waals surface area (Å²) in [6.45, 7) is 4.01. The number of phenolic OH excluding ortho intramolecular Hbond substituents is 1. The van der Waals surface area contributed by atoms with Crippen LogP contribution in [0.15, 0.2) is 128 Å². The molecule has 3 aromatic heterocycles. The minimum atomic E-state index is -1.92. The van der Waals surface area contributed by atoms with Crippen LogP contribution >= 0.6 is 11.8 Å². The number of amides is 16. The Labute approximate surface area is 843 Å². The van der Waals surface area contributed by atoms with Crippen molar-refractivity contribution in [1.82, 2.24) is 97.6 Å². The van der Waals surface area contributed by atoms with Gasteiger partial charge in [0, 0.05) is 119 Å². The number of aliphatic carboxylic acids is 2. The molecule has 22 N–H and O–H groups in total. The van der Waals surface area contributed by atoms with Crippen LogP contribution in [0.25, 0.3) is 21.8 Å². The van der Waals surface area contributed by atoms with Gasteiger partial charge < -0.3 is 130 Å². The van der Waals surface area contributed by atoms with Crippen molar-refractivity contribution in [2.75, 3.05) is 65.4 Å². The number of fused-ring (bicyclic) bond motifs is 4. The van der Waals surface area contributed by atoms with Gasteiger partial charge in [-0.25, -0.2) is 4.98 Å². The van der Waals surface area contributed by atoms with E-state index in [2.05, 4.69) is 73.1 Å². The summed E-state index contributed by atoms with van der Waals surface area (Å²) in [5.74, 6) is -19.3. The third-order valence-corrected chi connectivity index (χ3v) is 27.3. The number of aromatic amines is 3. The molecule has 0 radical (unpaired) electrons. The monoisotopic (exact) mass is 2030 g/mol. The van der Waals surface area contributed by atoms with Crippen LogP contribution in [0.5, 0.6) is 5.75 Å². The van der Waals surface area contributed by atoms with Gasteiger partial charge in [0.05, 0.1) is 43.5 Å². The number of ether oxygens (including phenoxy) is 1. The second-order valence-electron chi connectivity index (χ2n) is 36.9. The molecule has 0 saturated carbocycles. The van der Waals surface area contributed by atoms with Crippen molar-refractivity contribution in [2.24, 2.45) is 17.2 Å². The number of aromatic nitrogens is 4. The van der Waals surface area contributed by atoms with Gasteiger partial charge in [0.1, 0.15) is 90.3 Å². The highest BCUT2D eigenvalue weighted by Gasteiger charge is 2.48. The number of imidazole rings is 1. The second-order valence-corrected chi connectivity index (χ2v) is 37.9. The SMILES string of the molecule is CCCC[C@H]1C(=O)N(C)[C@@H](CCCC)C(=O)N[C@@H](CCC(=O)O)C(=O)N[C@H](C(=O)NCC(N)=O)CSCC(=O)N[C@@H](Cc2ccc(O)cc2)C(=O)N(C)[C@@H](C)C(=O)N[C@@H](CC(=O)O)C(=O)N2CCC[C@H]2C(=O)N[C@@H](Cc2c[nH]cn2)C(=O)N[C@@H](CCCCN)C(=O)N2C[C@H](OCc3ccccc3)C[C@H]2C(=O)N[C@@H](Cc2c[nH]c3ccccc23)C(=O)N[C@@H](CCCCN)C(=O)N[C@@H](Cc2c[nH]c3ccccc23)C(=O)N1C. The topological polar surface area (TPSA) is 652 Å². The summed E-state index contributed by atoms with van der Waals surface area (Å²) in [6, 6.07) is 6.85. The maximum absolute atomic E-state index is 16.0. The number of nitrogens with zero attached hydrogens (tertiary/aromatic N) is 6. The largest absolute Gasteiger partial charge is 0.508 e. The van der Waals surface area contributed by atoms with Gasteiger partial charge >= 0.3 is 11.9 Å². The van der Waals surface area contributed by atoms with Crippen molar-refractivity contribution in [3.63, 3.8) is 0 Å². The lowest BCUT2D eigenvalue weighted by Crippen LogP contribution is -2.61. The van der Waals surface area contributed by atoms with Crippen molar-refractivity contribution in [2.45, 2.75) is 259 Å². The fourth-order valence-corrected chi connectivity index (χ4v) is 18.9. The van der Waals surface area contributed by atoms with E-state index in [0.29, 0.717) is 82.4 Å². The zero-order chi connectivity index (χ0) is 105. The standard InChI is InChI=1S/C100H136N22O22S/c1-7-9-31-79-93(136)111-71(38-39-85(126)127)90(133)117-78(88(131)107-52-83(103)124)55-145-56-84(125)109-75(43-59-34-36-64(123)37-35-59)96(139)118(4)58(3)87(130)115-77(48-86(128)129)99(142)121-42-22-33-80(121)94(137)114-74(46-63-51-104-57-108-63)92(135)112-72(30-19-21-41-102)98(141)122-53-65(144-54-60-23-12-11-13-24-60)47-82(122)95(138)113-73(44-61-49-105-68-27-16-14-25-66(61)68)91(134)110-70(29-18-20-40-101)89(132)116-76(45-62-50-106-69-28-17-15-26-67(62)69)97(140)120(6)81(32-10-8-2)100(143)119(79)5/h11-17,23-28,34-37,49-51,57-58,65,70-82,105-106,123H,7-10,18-22,29-33,38-48,52-56,101-102H2,1-6H3,(H2,103,124)(H,104,108)(H,107,131)(H,109,125)(H,110,134)(H,111,136)(H,112,135)(H,113,138)(H,114,137)(H,115,130)(H,116,132)(H,117,133)(H,126,127)(H,128,129)/t58-,65+,70-,71-,72-,73-,74-,75-,76-,77-,78-,79-,80-,81-,82-/m0/s1. The number of carboxylic acids is 2. The van der Waals surface area contributed by atoms with Crippen LogP contribution in [-0.4, -0.2) is 322 Å². The Kier molecular flexibility index (Phi) is 43.1. The molecule has 3 aliphatic heterocycles. The third-order valence-electron chi connectivity index (χ3n) is 26.3. The molecule has 15 atom stereocenters. The zero-order valence-electron chi connectivity index (χ0n) is 82.4. The van der Waals surface area contributed by atoms with Crippen molar-refractivity contribution in [3.8, 4) is 5.75 Å². The first-order valence-electron chi connectivity index (χ1n) is 49.1. The molecule has 3 fully saturated rings. The molecule has 3 aliphatic rings. The third kappa shape index (κ3) is 32.3. The van der Waals surface area contributed by atoms with Crippen molar-refractivity contribution >= 4 is 140 Å². The summed E-state index contributed by atoms with van der Waals surface area (Å²) < 4.78 is 6.53. The average molecular weight is 2030 g/mol. The van der Waals surface area contributed by atoms with Crippen molar-refractivity contribution < 1.29 is 106 Å². The Hall–Kier alpha value is -14.3. The lowest BCUT2D eigenvalue weighted by molar-refractivity contribution is -0.149. The van der Waals surface area contributed by atoms with Gasteiger partial charge in [-0.3, -0.25) is 86.3 Å². The Morgan fingerprint density at radius 3 is 1.63 bits per heavy atom. The van der Waals surface area contributed by atoms with Gasteiger partial charge in [-0.15, -0.1) is 11.8 Å². The molecule has 4 aromatic carbocycles. The smallest absolute Gasteiger partial charge is 0.305 e. The van der Waals surface area contributed by atoms with E-state index in [1.54, 1.807) is 73.1 Å². The first-order valence-corrected chi connectivity index (χ1v) is 50.3. The van der Waals surface area contributed by atoms with E-state index < -0.39 is 234 Å². The van der Waals surface area contributed by atoms with Crippen LogP contribution in [-0.2, 0) is 123 Å². The van der Waals surface area contributed by atoms with Gasteiger partial charge in [0.15, 0.2) is 0 Å². The number of H-pyrrole nitrogens is 3. The van der Waals surface area contributed by atoms with Gasteiger partial charge in [-0.05, 0) is 137 Å². The number of phenols is 1. The number of nitrogens with two attached hydrogens (primary N) is 3. The molecule has 3 saturated heterocycles. The molecule has 784 valence electrons. The van der Waals surface area contributed by atoms with Crippen LogP contribution in [0.2, 0.25) is 0 Å². The number of hydrogen-bond acceptors (Lipinski definition) is 24. The molecular weight excluding hydrogens is 1890 g/mol. The molecule has 44 nitrogen and oxygen atoms in total. The predicted octanol–water partition coefficient (Wildman–Crippen LogP) is 0.716. The summed E-state index contributed by atoms with van der Waals surface area (Å²) in [6.07, 6.45) is 3.94. The van der Waals surface area contributed by atoms with Gasteiger partial charge in [0.2, 0.25) is 94.5 Å². The maximum atomic E-state index is 16.0. The molecule has 6 heterocycles. The Morgan fingerprint density at radius 1 is 0.497 bits per heavy atom. The Bertz CT molecular complexity index is 5650. The van der Waals surface area contributed by atoms with E-state index in [-0.39, 0.29) is 134 Å². The summed E-state index contributed by atoms with van der Waals surface area (Å²) in [4.78, 5) is 286. The van der Waals surface area contributed by atoms with E-state index in [4.69, 9.17) is 21.9 Å². The minimum Gasteiger partial charge on any atom is -0.508 e. The Morgan fingerprint density at radius 2 is 1.02 bits per heavy atom. The number of benzene rings is 4. The number of para-hydroxylation sites is 2. The molecule has 145 heavy (non-hydrogen) atoms. The molecular formula is C100H136N22O22S. The highest BCUT2D eigenvalue weighted by Crippen LogP contribution is 2.30. The van der Waals surface area contributed by atoms with Crippen LogP contribution in [0.4, 0.5) is 0 Å². The second kappa shape index (κ2) is 55.5. The molecule has 0 spiro atoms. The molecule has 0 bridgehead atoms.